The van der Waals surface area contributed by atoms with Crippen LogP contribution < -0.4 is 5.32 Å². The number of hydrogen-bond acceptors (Lipinski definition) is 5. The summed E-state index contributed by atoms with van der Waals surface area (Å²) in [5.41, 5.74) is 1.14. The van der Waals surface area contributed by atoms with Gasteiger partial charge >= 0.3 is 0 Å². The Labute approximate surface area is 111 Å². The van der Waals surface area contributed by atoms with Gasteiger partial charge in [0.2, 0.25) is 0 Å². The van der Waals surface area contributed by atoms with Gasteiger partial charge in [0.15, 0.2) is 5.17 Å². The van der Waals surface area contributed by atoms with Crippen LogP contribution >= 0.6 is 23.1 Å². The van der Waals surface area contributed by atoms with Gasteiger partial charge in [-0.05, 0) is 34.1 Å². The minimum Gasteiger partial charge on any atom is -0.358 e. The second kappa shape index (κ2) is 5.40. The zero-order valence-corrected chi connectivity index (χ0v) is 12.4. The van der Waals surface area contributed by atoms with Crippen LogP contribution in [0.5, 0.6) is 0 Å². The first-order chi connectivity index (χ1) is 8.06. The molecule has 0 fully saturated rings. The molecule has 17 heavy (non-hydrogen) atoms. The molecule has 0 amide bonds. The maximum atomic E-state index is 4.64. The van der Waals surface area contributed by atoms with Crippen molar-refractivity contribution in [2.75, 3.05) is 5.75 Å². The Kier molecular flexibility index (Phi) is 4.09. The fourth-order valence-corrected chi connectivity index (χ4v) is 4.00. The van der Waals surface area contributed by atoms with Crippen molar-refractivity contribution in [1.82, 2.24) is 10.3 Å². The van der Waals surface area contributed by atoms with Gasteiger partial charge in [0, 0.05) is 10.6 Å². The Bertz CT molecular complexity index is 425. The van der Waals surface area contributed by atoms with Crippen molar-refractivity contribution in [3.63, 3.8) is 0 Å². The van der Waals surface area contributed by atoms with Crippen molar-refractivity contribution < 1.29 is 0 Å². The first kappa shape index (κ1) is 12.9. The molecule has 1 N–H and O–H groups in total. The van der Waals surface area contributed by atoms with Crippen LogP contribution in [0.2, 0.25) is 0 Å². The molecule has 94 valence electrons. The molecule has 0 aliphatic carbocycles. The fourth-order valence-electron chi connectivity index (χ4n) is 1.91. The van der Waals surface area contributed by atoms with E-state index in [1.165, 1.54) is 17.1 Å². The van der Waals surface area contributed by atoms with E-state index >= 15 is 0 Å². The Balaban J connectivity index is 2.06. The monoisotopic (exact) mass is 269 g/mol. The third-order valence-corrected chi connectivity index (χ3v) is 4.98. The van der Waals surface area contributed by atoms with Gasteiger partial charge in [-0.15, -0.1) is 11.3 Å². The summed E-state index contributed by atoms with van der Waals surface area (Å²) in [7, 11) is 0. The van der Waals surface area contributed by atoms with Crippen LogP contribution in [0.1, 0.15) is 41.9 Å². The van der Waals surface area contributed by atoms with Crippen molar-refractivity contribution in [2.45, 2.75) is 46.2 Å². The molecule has 0 bridgehead atoms. The highest BCUT2D eigenvalue weighted by Crippen LogP contribution is 2.26. The van der Waals surface area contributed by atoms with Crippen LogP contribution in [-0.2, 0) is 0 Å². The van der Waals surface area contributed by atoms with Gasteiger partial charge < -0.3 is 5.32 Å². The van der Waals surface area contributed by atoms with E-state index in [1.807, 2.05) is 11.8 Å². The molecule has 2 rings (SSSR count). The molecule has 3 nitrogen and oxygen atoms in total. The van der Waals surface area contributed by atoms with Crippen molar-refractivity contribution >= 4 is 28.3 Å². The van der Waals surface area contributed by atoms with E-state index in [0.717, 1.165) is 15.9 Å². The van der Waals surface area contributed by atoms with Gasteiger partial charge in [-0.2, -0.15) is 0 Å². The number of aliphatic imine (C=N–C) groups is 1. The SMILES string of the molecule is Cc1nc(C)c(C(C)NC2=NC(C)CCS2)s1. The summed E-state index contributed by atoms with van der Waals surface area (Å²) in [6.07, 6.45) is 1.18. The van der Waals surface area contributed by atoms with Gasteiger partial charge in [-0.25, -0.2) is 4.98 Å². The standard InChI is InChI=1S/C12H19N3S2/c1-7-5-6-16-12(13-7)15-9(3)11-8(2)14-10(4)17-11/h7,9H,5-6H2,1-4H3,(H,13,15). The van der Waals surface area contributed by atoms with Crippen molar-refractivity contribution in [1.29, 1.82) is 0 Å². The number of nitrogens with one attached hydrogen (secondary N) is 1. The van der Waals surface area contributed by atoms with Crippen LogP contribution in [-0.4, -0.2) is 21.9 Å². The molecule has 1 aromatic rings. The van der Waals surface area contributed by atoms with Gasteiger partial charge in [0.1, 0.15) is 0 Å². The summed E-state index contributed by atoms with van der Waals surface area (Å²) in [5, 5.41) is 5.72. The molecular weight excluding hydrogens is 250 g/mol. The first-order valence-corrected chi connectivity index (χ1v) is 7.77. The Morgan fingerprint density at radius 2 is 2.18 bits per heavy atom. The number of thiazole rings is 1. The smallest absolute Gasteiger partial charge is 0.157 e. The predicted molar refractivity (Wildman–Crippen MR) is 77.1 cm³/mol. The Hall–Kier alpha value is -0.550. The largest absolute Gasteiger partial charge is 0.358 e. The lowest BCUT2D eigenvalue weighted by molar-refractivity contribution is 0.685. The molecule has 1 aromatic heterocycles. The molecule has 5 heteroatoms. The first-order valence-electron chi connectivity index (χ1n) is 5.97. The Morgan fingerprint density at radius 1 is 1.41 bits per heavy atom. The summed E-state index contributed by atoms with van der Waals surface area (Å²) in [5.74, 6) is 1.17. The van der Waals surface area contributed by atoms with E-state index in [9.17, 15) is 0 Å². The molecule has 1 aliphatic rings. The highest BCUT2D eigenvalue weighted by molar-refractivity contribution is 8.13. The maximum Gasteiger partial charge on any atom is 0.157 e. The zero-order valence-electron chi connectivity index (χ0n) is 10.8. The van der Waals surface area contributed by atoms with E-state index < -0.39 is 0 Å². The molecule has 0 saturated carbocycles. The lowest BCUT2D eigenvalue weighted by Crippen LogP contribution is -2.28. The lowest BCUT2D eigenvalue weighted by atomic mass is 10.2. The zero-order chi connectivity index (χ0) is 12.4. The number of rotatable bonds is 2. The van der Waals surface area contributed by atoms with Crippen molar-refractivity contribution in [3.05, 3.63) is 15.6 Å². The average Bonchev–Trinajstić information content (AvgIpc) is 2.58. The van der Waals surface area contributed by atoms with Gasteiger partial charge in [0.25, 0.3) is 0 Å². The van der Waals surface area contributed by atoms with Gasteiger partial charge in [0.05, 0.1) is 22.8 Å². The van der Waals surface area contributed by atoms with Crippen LogP contribution in [0.3, 0.4) is 0 Å². The minimum absolute atomic E-state index is 0.303. The van der Waals surface area contributed by atoms with E-state index in [-0.39, 0.29) is 0 Å². The molecule has 0 aromatic carbocycles. The van der Waals surface area contributed by atoms with Crippen LogP contribution in [0.25, 0.3) is 0 Å². The Morgan fingerprint density at radius 3 is 2.76 bits per heavy atom. The summed E-state index contributed by atoms with van der Waals surface area (Å²) in [6, 6.07) is 0.757. The van der Waals surface area contributed by atoms with E-state index in [2.05, 4.69) is 43.0 Å². The molecule has 0 saturated heterocycles. The number of nitrogens with zero attached hydrogens (tertiary/aromatic N) is 2. The molecule has 0 radical (unpaired) electrons. The summed E-state index contributed by atoms with van der Waals surface area (Å²) in [4.78, 5) is 10.4. The molecule has 0 spiro atoms. The summed E-state index contributed by atoms with van der Waals surface area (Å²) in [6.45, 7) is 8.49. The second-order valence-corrected chi connectivity index (χ2v) is 6.79. The molecular formula is C12H19N3S2. The number of aryl methyl sites for hydroxylation is 2. The predicted octanol–water partition coefficient (Wildman–Crippen LogP) is 3.29. The molecule has 2 unspecified atom stereocenters. The van der Waals surface area contributed by atoms with Crippen LogP contribution in [0, 0.1) is 13.8 Å². The summed E-state index contributed by atoms with van der Waals surface area (Å²) < 4.78 is 0. The topological polar surface area (TPSA) is 37.3 Å². The van der Waals surface area contributed by atoms with Crippen LogP contribution in [0.15, 0.2) is 4.99 Å². The van der Waals surface area contributed by atoms with Crippen LogP contribution in [0.4, 0.5) is 0 Å². The summed E-state index contributed by atoms with van der Waals surface area (Å²) >= 11 is 3.60. The van der Waals surface area contributed by atoms with E-state index in [1.54, 1.807) is 11.3 Å². The maximum absolute atomic E-state index is 4.64. The van der Waals surface area contributed by atoms with Crippen molar-refractivity contribution in [3.8, 4) is 0 Å². The minimum atomic E-state index is 0.303. The second-order valence-electron chi connectivity index (χ2n) is 4.47. The highest BCUT2D eigenvalue weighted by atomic mass is 32.2. The molecule has 1 aliphatic heterocycles. The average molecular weight is 269 g/mol. The molecule has 2 heterocycles. The fraction of sp³-hybridized carbons (Fsp3) is 0.667. The third-order valence-electron chi connectivity index (χ3n) is 2.78. The van der Waals surface area contributed by atoms with E-state index in [4.69, 9.17) is 0 Å². The number of hydrogen-bond donors (Lipinski definition) is 1. The van der Waals surface area contributed by atoms with E-state index in [0.29, 0.717) is 12.1 Å². The number of thioether (sulfide) groups is 1. The number of aromatic nitrogens is 1. The normalized spacial score (nSPS) is 22.1. The number of amidine groups is 1. The third kappa shape index (κ3) is 3.22. The van der Waals surface area contributed by atoms with Gasteiger partial charge in [-0.1, -0.05) is 11.8 Å². The quantitative estimate of drug-likeness (QED) is 0.895. The lowest BCUT2D eigenvalue weighted by Gasteiger charge is -2.21. The van der Waals surface area contributed by atoms with Gasteiger partial charge in [-0.3, -0.25) is 4.99 Å². The highest BCUT2D eigenvalue weighted by Gasteiger charge is 2.17. The molecule has 2 atom stereocenters. The van der Waals surface area contributed by atoms with Crippen molar-refractivity contribution in [2.24, 2.45) is 4.99 Å².